The van der Waals surface area contributed by atoms with Gasteiger partial charge in [-0.3, -0.25) is 4.79 Å². The third kappa shape index (κ3) is 3.98. The van der Waals surface area contributed by atoms with Crippen LogP contribution in [0.1, 0.15) is 28.4 Å². The first kappa shape index (κ1) is 15.8. The lowest BCUT2D eigenvalue weighted by molar-refractivity contribution is 0.112. The molecule has 0 N–H and O–H groups in total. The number of ether oxygens (including phenoxy) is 2. The van der Waals surface area contributed by atoms with E-state index in [9.17, 15) is 4.79 Å². The third-order valence-electron chi connectivity index (χ3n) is 3.36. The van der Waals surface area contributed by atoms with Gasteiger partial charge in [-0.25, -0.2) is 0 Å². The third-order valence-corrected chi connectivity index (χ3v) is 3.36. The molecule has 2 aromatic rings. The molecule has 22 heavy (non-hydrogen) atoms. The van der Waals surface area contributed by atoms with Crippen molar-refractivity contribution < 1.29 is 14.3 Å². The van der Waals surface area contributed by atoms with Crippen molar-refractivity contribution in [2.75, 3.05) is 7.11 Å². The molecular weight excluding hydrogens is 276 g/mol. The maximum atomic E-state index is 11.3. The molecule has 0 atom stereocenters. The molecule has 3 nitrogen and oxygen atoms in total. The van der Waals surface area contributed by atoms with Crippen molar-refractivity contribution in [3.8, 4) is 11.5 Å². The molecule has 0 aliphatic rings. The minimum absolute atomic E-state index is 0.434. The summed E-state index contributed by atoms with van der Waals surface area (Å²) in [6, 6.07) is 13.5. The molecule has 0 unspecified atom stereocenters. The number of benzene rings is 2. The van der Waals surface area contributed by atoms with Crippen LogP contribution in [-0.2, 0) is 13.0 Å². The smallest absolute Gasteiger partial charge is 0.162 e. The number of carbonyl (C=O) groups excluding carboxylic acids is 1. The first-order valence-corrected chi connectivity index (χ1v) is 7.22. The average Bonchev–Trinajstić information content (AvgIpc) is 2.58. The second-order valence-corrected chi connectivity index (χ2v) is 4.87. The van der Waals surface area contributed by atoms with Crippen molar-refractivity contribution in [1.82, 2.24) is 0 Å². The zero-order chi connectivity index (χ0) is 15.8. The van der Waals surface area contributed by atoms with Gasteiger partial charge in [0.05, 0.1) is 7.11 Å². The molecule has 0 aliphatic heterocycles. The summed E-state index contributed by atoms with van der Waals surface area (Å²) in [4.78, 5) is 11.3. The van der Waals surface area contributed by atoms with E-state index < -0.39 is 0 Å². The molecule has 0 saturated heterocycles. The van der Waals surface area contributed by atoms with E-state index >= 15 is 0 Å². The van der Waals surface area contributed by atoms with Gasteiger partial charge in [-0.15, -0.1) is 0 Å². The Labute approximate surface area is 131 Å². The van der Waals surface area contributed by atoms with Gasteiger partial charge in [0, 0.05) is 5.56 Å². The summed E-state index contributed by atoms with van der Waals surface area (Å²) < 4.78 is 11.2. The second kappa shape index (κ2) is 8.03. The molecule has 0 aromatic heterocycles. The number of rotatable bonds is 7. The van der Waals surface area contributed by atoms with Crippen LogP contribution in [0, 0.1) is 0 Å². The van der Waals surface area contributed by atoms with Gasteiger partial charge >= 0.3 is 0 Å². The molecule has 0 fully saturated rings. The lowest BCUT2D eigenvalue weighted by Gasteiger charge is -2.13. The predicted octanol–water partition coefficient (Wildman–Crippen LogP) is 4.21. The number of aldehydes is 1. The summed E-state index contributed by atoms with van der Waals surface area (Å²) in [6.45, 7) is 2.39. The van der Waals surface area contributed by atoms with Crippen LogP contribution in [-0.4, -0.2) is 13.4 Å². The van der Waals surface area contributed by atoms with Crippen molar-refractivity contribution in [2.24, 2.45) is 0 Å². The van der Waals surface area contributed by atoms with Crippen LogP contribution < -0.4 is 9.47 Å². The van der Waals surface area contributed by atoms with Crippen molar-refractivity contribution in [2.45, 2.75) is 20.0 Å². The summed E-state index contributed by atoms with van der Waals surface area (Å²) in [5.74, 6) is 1.22. The van der Waals surface area contributed by atoms with Crippen LogP contribution in [0.3, 0.4) is 0 Å². The van der Waals surface area contributed by atoms with E-state index in [0.717, 1.165) is 17.4 Å². The van der Waals surface area contributed by atoms with Crippen LogP contribution in [0.5, 0.6) is 11.5 Å². The normalized spacial score (nSPS) is 10.6. The monoisotopic (exact) mass is 296 g/mol. The quantitative estimate of drug-likeness (QED) is 0.567. The van der Waals surface area contributed by atoms with E-state index in [0.29, 0.717) is 30.1 Å². The van der Waals surface area contributed by atoms with Gasteiger partial charge in [0.2, 0.25) is 0 Å². The van der Waals surface area contributed by atoms with Crippen molar-refractivity contribution >= 4 is 6.29 Å². The van der Waals surface area contributed by atoms with Gasteiger partial charge < -0.3 is 9.47 Å². The van der Waals surface area contributed by atoms with E-state index in [4.69, 9.17) is 9.47 Å². The summed E-state index contributed by atoms with van der Waals surface area (Å²) in [7, 11) is 1.60. The highest BCUT2D eigenvalue weighted by molar-refractivity contribution is 5.79. The standard InChI is InChI=1S/C19H20O3/c1-3-4-10-16-11-18(21-2)19(12-17(16)13-20)22-14-15-8-6-5-7-9-15/h3-9,11-13H,10,14H2,1-2H3/b4-3+. The Morgan fingerprint density at radius 3 is 2.50 bits per heavy atom. The Bertz CT molecular complexity index is 645. The van der Waals surface area contributed by atoms with Gasteiger partial charge in [0.1, 0.15) is 12.9 Å². The predicted molar refractivity (Wildman–Crippen MR) is 87.7 cm³/mol. The molecule has 2 aromatic carbocycles. The number of hydrogen-bond acceptors (Lipinski definition) is 3. The first-order chi connectivity index (χ1) is 10.8. The minimum atomic E-state index is 0.434. The van der Waals surface area contributed by atoms with Crippen LogP contribution in [0.25, 0.3) is 0 Å². The average molecular weight is 296 g/mol. The maximum absolute atomic E-state index is 11.3. The van der Waals surface area contributed by atoms with Crippen LogP contribution in [0.4, 0.5) is 0 Å². The fourth-order valence-electron chi connectivity index (χ4n) is 2.16. The van der Waals surface area contributed by atoms with Gasteiger partial charge in [-0.2, -0.15) is 0 Å². The Morgan fingerprint density at radius 2 is 1.86 bits per heavy atom. The molecule has 0 amide bonds. The minimum Gasteiger partial charge on any atom is -0.493 e. The summed E-state index contributed by atoms with van der Waals surface area (Å²) in [5.41, 5.74) is 2.62. The fourth-order valence-corrected chi connectivity index (χ4v) is 2.16. The fraction of sp³-hybridized carbons (Fsp3) is 0.211. The molecule has 114 valence electrons. The number of methoxy groups -OCH3 is 1. The van der Waals surface area contributed by atoms with Crippen LogP contribution >= 0.6 is 0 Å². The number of carbonyl (C=O) groups is 1. The molecule has 2 rings (SSSR count). The molecule has 0 bridgehead atoms. The summed E-state index contributed by atoms with van der Waals surface area (Å²) >= 11 is 0. The zero-order valence-electron chi connectivity index (χ0n) is 12.9. The Kier molecular flexibility index (Phi) is 5.78. The summed E-state index contributed by atoms with van der Waals surface area (Å²) in [6.07, 6.45) is 5.51. The largest absolute Gasteiger partial charge is 0.493 e. The Hall–Kier alpha value is -2.55. The highest BCUT2D eigenvalue weighted by Gasteiger charge is 2.11. The van der Waals surface area contributed by atoms with Crippen LogP contribution in [0.15, 0.2) is 54.6 Å². The lowest BCUT2D eigenvalue weighted by atomic mass is 10.0. The highest BCUT2D eigenvalue weighted by atomic mass is 16.5. The molecular formula is C19H20O3. The highest BCUT2D eigenvalue weighted by Crippen LogP contribution is 2.31. The van der Waals surface area contributed by atoms with Gasteiger partial charge in [0.25, 0.3) is 0 Å². The van der Waals surface area contributed by atoms with Crippen molar-refractivity contribution in [3.63, 3.8) is 0 Å². The number of hydrogen-bond donors (Lipinski definition) is 0. The number of allylic oxidation sites excluding steroid dienone is 2. The van der Waals surface area contributed by atoms with E-state index in [1.165, 1.54) is 0 Å². The van der Waals surface area contributed by atoms with Crippen molar-refractivity contribution in [3.05, 3.63) is 71.3 Å². The van der Waals surface area contributed by atoms with Crippen molar-refractivity contribution in [1.29, 1.82) is 0 Å². The van der Waals surface area contributed by atoms with Crippen LogP contribution in [0.2, 0.25) is 0 Å². The molecule has 0 heterocycles. The maximum Gasteiger partial charge on any atom is 0.162 e. The molecule has 0 aliphatic carbocycles. The molecule has 0 radical (unpaired) electrons. The lowest BCUT2D eigenvalue weighted by Crippen LogP contribution is -2.01. The second-order valence-electron chi connectivity index (χ2n) is 4.87. The van der Waals surface area contributed by atoms with Gasteiger partial charge in [-0.1, -0.05) is 42.5 Å². The Morgan fingerprint density at radius 1 is 1.09 bits per heavy atom. The van der Waals surface area contributed by atoms with E-state index in [2.05, 4.69) is 0 Å². The van der Waals surface area contributed by atoms with Gasteiger partial charge in [0.15, 0.2) is 11.5 Å². The van der Waals surface area contributed by atoms with Gasteiger partial charge in [-0.05, 0) is 36.6 Å². The van der Waals surface area contributed by atoms with E-state index in [1.807, 2.05) is 55.5 Å². The molecule has 0 saturated carbocycles. The molecule has 3 heteroatoms. The van der Waals surface area contributed by atoms with E-state index in [1.54, 1.807) is 13.2 Å². The zero-order valence-corrected chi connectivity index (χ0v) is 12.9. The SMILES string of the molecule is C/C=C/Cc1cc(OC)c(OCc2ccccc2)cc1C=O. The topological polar surface area (TPSA) is 35.5 Å². The van der Waals surface area contributed by atoms with E-state index in [-0.39, 0.29) is 0 Å². The first-order valence-electron chi connectivity index (χ1n) is 7.22. The summed E-state index contributed by atoms with van der Waals surface area (Å²) in [5, 5.41) is 0. The molecule has 0 spiro atoms. The Balaban J connectivity index is 2.24.